The number of likely N-dealkylation sites (N-methyl/N-ethyl adjacent to an activating group) is 1. The lowest BCUT2D eigenvalue weighted by molar-refractivity contribution is -0.137. The zero-order chi connectivity index (χ0) is 22.4. The quantitative estimate of drug-likeness (QED) is 0.484. The van der Waals surface area contributed by atoms with Crippen LogP contribution in [-0.4, -0.2) is 65.1 Å². The zero-order valence-electron chi connectivity index (χ0n) is 17.9. The topological polar surface area (TPSA) is 60.9 Å². The van der Waals surface area contributed by atoms with Crippen LogP contribution in [0.5, 0.6) is 0 Å². The molecule has 1 heterocycles. The lowest BCUT2D eigenvalue weighted by Gasteiger charge is -2.34. The van der Waals surface area contributed by atoms with Crippen LogP contribution in [0.15, 0.2) is 24.4 Å². The summed E-state index contributed by atoms with van der Waals surface area (Å²) in [6.07, 6.45) is 4.68. The van der Waals surface area contributed by atoms with Crippen molar-refractivity contribution in [2.24, 2.45) is 0 Å². The first-order valence-corrected chi connectivity index (χ1v) is 10.5. The van der Waals surface area contributed by atoms with Gasteiger partial charge in [0.15, 0.2) is 0 Å². The molecule has 6 nitrogen and oxygen atoms in total. The molecule has 0 aromatic heterocycles. The van der Waals surface area contributed by atoms with Crippen LogP contribution >= 0.6 is 11.6 Å². The van der Waals surface area contributed by atoms with Gasteiger partial charge in [0.2, 0.25) is 12.3 Å². The molecular formula is C22H29ClFN3O3. The lowest BCUT2D eigenvalue weighted by atomic mass is 10.0. The molecule has 1 unspecified atom stereocenters. The molecule has 0 saturated carbocycles. The fourth-order valence-corrected chi connectivity index (χ4v) is 3.60. The summed E-state index contributed by atoms with van der Waals surface area (Å²) < 4.78 is 14.0. The molecule has 0 N–H and O–H groups in total. The van der Waals surface area contributed by atoms with Crippen LogP contribution in [0, 0.1) is 5.82 Å². The predicted octanol–water partition coefficient (Wildman–Crippen LogP) is 3.55. The van der Waals surface area contributed by atoms with Gasteiger partial charge < -0.3 is 14.7 Å². The summed E-state index contributed by atoms with van der Waals surface area (Å²) in [4.78, 5) is 41.9. The molecule has 1 saturated heterocycles. The van der Waals surface area contributed by atoms with Crippen molar-refractivity contribution in [2.45, 2.75) is 52.1 Å². The predicted molar refractivity (Wildman–Crippen MR) is 115 cm³/mol. The highest BCUT2D eigenvalue weighted by molar-refractivity contribution is 6.35. The van der Waals surface area contributed by atoms with Crippen molar-refractivity contribution in [3.05, 3.63) is 40.8 Å². The van der Waals surface area contributed by atoms with E-state index in [1.807, 2.05) is 20.8 Å². The third-order valence-electron chi connectivity index (χ3n) is 5.44. The number of hydrogen-bond acceptors (Lipinski definition) is 3. The van der Waals surface area contributed by atoms with E-state index in [-0.39, 0.29) is 40.7 Å². The summed E-state index contributed by atoms with van der Waals surface area (Å²) in [6, 6.07) is 4.13. The third kappa shape index (κ3) is 5.59. The number of rotatable bonds is 7. The van der Waals surface area contributed by atoms with Crippen molar-refractivity contribution >= 4 is 35.4 Å². The highest BCUT2D eigenvalue weighted by Crippen LogP contribution is 2.28. The molecule has 0 spiro atoms. The maximum absolute atomic E-state index is 14.0. The standard InChI is InChI=1S/C22H29ClFN3O3/c1-15(2)25(4)22(30)18(17-9-7-10-19(24)21(17)23)12-26(14-28)13-20(29)27-11-6-5-8-16(27)3/h7,9-10,12,14-16H,5-6,8,11,13H2,1-4H3/b18-12-. The number of likely N-dealkylation sites (tertiary alicyclic amines) is 1. The fraction of sp³-hybridized carbons (Fsp3) is 0.500. The minimum Gasteiger partial charge on any atom is -0.339 e. The minimum atomic E-state index is -0.670. The molecule has 0 bridgehead atoms. The molecule has 1 aliphatic heterocycles. The number of amides is 3. The van der Waals surface area contributed by atoms with Crippen LogP contribution in [0.1, 0.15) is 45.6 Å². The second kappa shape index (κ2) is 10.6. The second-order valence-electron chi connectivity index (χ2n) is 7.86. The molecule has 1 atom stereocenters. The van der Waals surface area contributed by atoms with Crippen molar-refractivity contribution < 1.29 is 18.8 Å². The average Bonchev–Trinajstić information content (AvgIpc) is 2.72. The molecule has 0 radical (unpaired) electrons. The SMILES string of the molecule is CC(C)N(C)C(=O)/C(=C\N(C=O)CC(=O)N1CCCCC1C)c1cccc(F)c1Cl. The zero-order valence-corrected chi connectivity index (χ0v) is 18.7. The first-order valence-electron chi connectivity index (χ1n) is 10.1. The Morgan fingerprint density at radius 1 is 1.33 bits per heavy atom. The summed E-state index contributed by atoms with van der Waals surface area (Å²) in [5.74, 6) is -1.29. The summed E-state index contributed by atoms with van der Waals surface area (Å²) in [6.45, 7) is 6.09. The summed E-state index contributed by atoms with van der Waals surface area (Å²) in [5.41, 5.74) is 0.210. The Bertz CT molecular complexity index is 828. The van der Waals surface area contributed by atoms with Crippen LogP contribution in [0.25, 0.3) is 5.57 Å². The summed E-state index contributed by atoms with van der Waals surface area (Å²) in [7, 11) is 1.61. The maximum atomic E-state index is 14.0. The Labute approximate surface area is 182 Å². The smallest absolute Gasteiger partial charge is 0.255 e. The Morgan fingerprint density at radius 3 is 2.63 bits per heavy atom. The monoisotopic (exact) mass is 437 g/mol. The maximum Gasteiger partial charge on any atom is 0.255 e. The van der Waals surface area contributed by atoms with E-state index in [1.165, 1.54) is 29.3 Å². The van der Waals surface area contributed by atoms with E-state index < -0.39 is 11.7 Å². The Balaban J connectivity index is 2.39. The van der Waals surface area contributed by atoms with Gasteiger partial charge in [-0.2, -0.15) is 0 Å². The van der Waals surface area contributed by atoms with Gasteiger partial charge in [-0.25, -0.2) is 4.39 Å². The van der Waals surface area contributed by atoms with E-state index in [9.17, 15) is 18.8 Å². The molecular weight excluding hydrogens is 409 g/mol. The van der Waals surface area contributed by atoms with Gasteiger partial charge in [-0.05, 0) is 46.1 Å². The number of halogens is 2. The Hall–Kier alpha value is -2.41. The van der Waals surface area contributed by atoms with Gasteiger partial charge in [-0.15, -0.1) is 0 Å². The Morgan fingerprint density at radius 2 is 2.03 bits per heavy atom. The van der Waals surface area contributed by atoms with Gasteiger partial charge in [-0.3, -0.25) is 14.4 Å². The highest BCUT2D eigenvalue weighted by atomic mass is 35.5. The minimum absolute atomic E-state index is 0.0438. The number of piperidine rings is 1. The molecule has 8 heteroatoms. The van der Waals surface area contributed by atoms with Crippen molar-refractivity contribution in [2.75, 3.05) is 20.1 Å². The van der Waals surface area contributed by atoms with Gasteiger partial charge in [0.1, 0.15) is 12.4 Å². The van der Waals surface area contributed by atoms with E-state index in [2.05, 4.69) is 0 Å². The van der Waals surface area contributed by atoms with Gasteiger partial charge >= 0.3 is 0 Å². The van der Waals surface area contributed by atoms with E-state index in [4.69, 9.17) is 11.6 Å². The number of carbonyl (C=O) groups excluding carboxylic acids is 3. The number of benzene rings is 1. The van der Waals surface area contributed by atoms with Crippen molar-refractivity contribution in [3.8, 4) is 0 Å². The van der Waals surface area contributed by atoms with Crippen molar-refractivity contribution in [3.63, 3.8) is 0 Å². The van der Waals surface area contributed by atoms with E-state index in [1.54, 1.807) is 11.9 Å². The average molecular weight is 438 g/mol. The van der Waals surface area contributed by atoms with Crippen LogP contribution in [0.3, 0.4) is 0 Å². The Kier molecular flexibility index (Phi) is 8.41. The lowest BCUT2D eigenvalue weighted by Crippen LogP contribution is -2.46. The number of carbonyl (C=O) groups is 3. The molecule has 1 aliphatic rings. The molecule has 1 fully saturated rings. The van der Waals surface area contributed by atoms with Crippen LogP contribution in [0.4, 0.5) is 4.39 Å². The fourth-order valence-electron chi connectivity index (χ4n) is 3.37. The van der Waals surface area contributed by atoms with Gasteiger partial charge in [0.05, 0.1) is 10.6 Å². The van der Waals surface area contributed by atoms with Crippen LogP contribution < -0.4 is 0 Å². The third-order valence-corrected chi connectivity index (χ3v) is 5.82. The summed E-state index contributed by atoms with van der Waals surface area (Å²) >= 11 is 6.12. The van der Waals surface area contributed by atoms with E-state index >= 15 is 0 Å². The van der Waals surface area contributed by atoms with E-state index in [0.29, 0.717) is 13.0 Å². The first-order chi connectivity index (χ1) is 14.2. The van der Waals surface area contributed by atoms with Gasteiger partial charge in [-0.1, -0.05) is 23.7 Å². The molecule has 3 amide bonds. The van der Waals surface area contributed by atoms with Crippen LogP contribution in [0.2, 0.25) is 5.02 Å². The first kappa shape index (κ1) is 23.9. The van der Waals surface area contributed by atoms with Crippen LogP contribution in [-0.2, 0) is 14.4 Å². The molecule has 164 valence electrons. The number of hydrogen-bond donors (Lipinski definition) is 0. The molecule has 1 aromatic carbocycles. The number of nitrogens with zero attached hydrogens (tertiary/aromatic N) is 3. The molecule has 0 aliphatic carbocycles. The van der Waals surface area contributed by atoms with Crippen molar-refractivity contribution in [1.29, 1.82) is 0 Å². The summed E-state index contributed by atoms with van der Waals surface area (Å²) in [5, 5.41) is -0.212. The molecule has 2 rings (SSSR count). The second-order valence-corrected chi connectivity index (χ2v) is 8.24. The highest BCUT2D eigenvalue weighted by Gasteiger charge is 2.26. The van der Waals surface area contributed by atoms with E-state index in [0.717, 1.165) is 24.2 Å². The normalized spacial score (nSPS) is 17.1. The van der Waals surface area contributed by atoms with Gasteiger partial charge in [0.25, 0.3) is 5.91 Å². The van der Waals surface area contributed by atoms with Gasteiger partial charge in [0, 0.05) is 37.4 Å². The largest absolute Gasteiger partial charge is 0.339 e. The van der Waals surface area contributed by atoms with Crippen molar-refractivity contribution in [1.82, 2.24) is 14.7 Å². The molecule has 1 aromatic rings. The molecule has 30 heavy (non-hydrogen) atoms.